The maximum atomic E-state index is 3.52. The molecule has 0 aromatic heterocycles. The summed E-state index contributed by atoms with van der Waals surface area (Å²) in [6.45, 7) is 4.53. The molecular weight excluding hydrogens is 225 g/mol. The fourth-order valence-corrected chi connectivity index (χ4v) is 1.86. The van der Waals surface area contributed by atoms with Gasteiger partial charge in [0.2, 0.25) is 0 Å². The van der Waals surface area contributed by atoms with Gasteiger partial charge >= 0.3 is 0 Å². The number of piperidine rings is 1. The Morgan fingerprint density at radius 2 is 2.00 bits per heavy atom. The quantitative estimate of drug-likeness (QED) is 0.503. The van der Waals surface area contributed by atoms with Crippen LogP contribution in [0.1, 0.15) is 26.7 Å². The predicted molar refractivity (Wildman–Crippen MR) is 49.1 cm³/mol. The molecule has 1 heterocycles. The van der Waals surface area contributed by atoms with Gasteiger partial charge in [-0.2, -0.15) is 0 Å². The van der Waals surface area contributed by atoms with E-state index in [0.717, 1.165) is 9.97 Å². The highest BCUT2D eigenvalue weighted by molar-refractivity contribution is 14.1. The zero-order valence-electron chi connectivity index (χ0n) is 6.02. The summed E-state index contributed by atoms with van der Waals surface area (Å²) in [4.78, 5) is 0. The molecule has 1 saturated heterocycles. The molecule has 0 spiro atoms. The van der Waals surface area contributed by atoms with Crippen LogP contribution in [0.3, 0.4) is 0 Å². The fourth-order valence-electron chi connectivity index (χ4n) is 1.30. The van der Waals surface area contributed by atoms with Gasteiger partial charge in [-0.15, -0.1) is 0 Å². The maximum Gasteiger partial charge on any atom is 0.0261 e. The minimum atomic E-state index is 0.717. The Morgan fingerprint density at radius 3 is 2.44 bits per heavy atom. The summed E-state index contributed by atoms with van der Waals surface area (Å²) in [6, 6.07) is 1.46. The van der Waals surface area contributed by atoms with Gasteiger partial charge in [-0.3, -0.25) is 0 Å². The van der Waals surface area contributed by atoms with Crippen molar-refractivity contribution < 1.29 is 0 Å². The molecule has 0 bridgehead atoms. The summed E-state index contributed by atoms with van der Waals surface area (Å²) in [5.74, 6) is 0. The van der Waals surface area contributed by atoms with E-state index in [-0.39, 0.29) is 0 Å². The van der Waals surface area contributed by atoms with E-state index >= 15 is 0 Å². The lowest BCUT2D eigenvalue weighted by molar-refractivity contribution is 0.369. The molecule has 1 aliphatic heterocycles. The van der Waals surface area contributed by atoms with Gasteiger partial charge in [0.25, 0.3) is 0 Å². The minimum Gasteiger partial charge on any atom is -0.311 e. The summed E-state index contributed by atoms with van der Waals surface area (Å²) in [5.41, 5.74) is 0. The van der Waals surface area contributed by atoms with Gasteiger partial charge in [-0.05, 0) is 26.7 Å². The first-order chi connectivity index (χ1) is 4.20. The lowest BCUT2D eigenvalue weighted by Crippen LogP contribution is -2.44. The molecule has 1 rings (SSSR count). The zero-order valence-corrected chi connectivity index (χ0v) is 8.18. The first kappa shape index (κ1) is 7.79. The highest BCUT2D eigenvalue weighted by atomic mass is 127. The number of nitrogens with one attached hydrogen (secondary N) is 1. The van der Waals surface area contributed by atoms with E-state index in [1.807, 2.05) is 0 Å². The number of hydrogen-bond acceptors (Lipinski definition) is 1. The van der Waals surface area contributed by atoms with Crippen LogP contribution in [-0.4, -0.2) is 16.0 Å². The molecule has 1 aliphatic rings. The van der Waals surface area contributed by atoms with Crippen molar-refractivity contribution in [3.63, 3.8) is 0 Å². The number of alkyl halides is 1. The van der Waals surface area contributed by atoms with Crippen molar-refractivity contribution in [2.45, 2.75) is 42.7 Å². The second-order valence-electron chi connectivity index (χ2n) is 2.95. The summed E-state index contributed by atoms with van der Waals surface area (Å²) in [6.07, 6.45) is 2.73. The average molecular weight is 239 g/mol. The average Bonchev–Trinajstić information content (AvgIpc) is 1.80. The van der Waals surface area contributed by atoms with Gasteiger partial charge in [0.1, 0.15) is 0 Å². The van der Waals surface area contributed by atoms with Crippen LogP contribution < -0.4 is 5.32 Å². The Morgan fingerprint density at radius 1 is 1.33 bits per heavy atom. The van der Waals surface area contributed by atoms with E-state index in [1.54, 1.807) is 0 Å². The first-order valence-electron chi connectivity index (χ1n) is 3.60. The van der Waals surface area contributed by atoms with E-state index in [2.05, 4.69) is 41.8 Å². The zero-order chi connectivity index (χ0) is 6.85. The van der Waals surface area contributed by atoms with Crippen molar-refractivity contribution in [3.8, 4) is 0 Å². The van der Waals surface area contributed by atoms with E-state index < -0.39 is 0 Å². The lowest BCUT2D eigenvalue weighted by Gasteiger charge is -2.30. The SMILES string of the molecule is CC1CCC(I)C(C)N1. The Labute approximate surface area is 70.7 Å². The standard InChI is InChI=1S/C7H14IN/c1-5-3-4-7(8)6(2)9-5/h5-7,9H,3-4H2,1-2H3. The van der Waals surface area contributed by atoms with Crippen LogP contribution in [0.2, 0.25) is 0 Å². The molecule has 1 nitrogen and oxygen atoms in total. The van der Waals surface area contributed by atoms with Crippen LogP contribution in [0, 0.1) is 0 Å². The Balaban J connectivity index is 2.35. The van der Waals surface area contributed by atoms with Gasteiger partial charge in [0.05, 0.1) is 0 Å². The van der Waals surface area contributed by atoms with Crippen LogP contribution in [0.25, 0.3) is 0 Å². The molecule has 0 radical (unpaired) electrons. The predicted octanol–water partition coefficient (Wildman–Crippen LogP) is 1.95. The molecule has 54 valence electrons. The van der Waals surface area contributed by atoms with E-state index in [4.69, 9.17) is 0 Å². The van der Waals surface area contributed by atoms with E-state index in [9.17, 15) is 0 Å². The van der Waals surface area contributed by atoms with Crippen LogP contribution in [0.5, 0.6) is 0 Å². The summed E-state index contributed by atoms with van der Waals surface area (Å²) in [5, 5.41) is 3.52. The van der Waals surface area contributed by atoms with Gasteiger partial charge in [-0.25, -0.2) is 0 Å². The van der Waals surface area contributed by atoms with Gasteiger partial charge in [-0.1, -0.05) is 22.6 Å². The smallest absolute Gasteiger partial charge is 0.0261 e. The highest BCUT2D eigenvalue weighted by Crippen LogP contribution is 2.19. The van der Waals surface area contributed by atoms with Gasteiger partial charge in [0.15, 0.2) is 0 Å². The Kier molecular flexibility index (Phi) is 2.76. The van der Waals surface area contributed by atoms with Crippen molar-refractivity contribution in [1.82, 2.24) is 5.32 Å². The van der Waals surface area contributed by atoms with E-state index in [1.165, 1.54) is 12.8 Å². The topological polar surface area (TPSA) is 12.0 Å². The van der Waals surface area contributed by atoms with Crippen LogP contribution in [0.15, 0.2) is 0 Å². The number of rotatable bonds is 0. The Bertz CT molecular complexity index is 94.9. The van der Waals surface area contributed by atoms with Crippen molar-refractivity contribution in [2.24, 2.45) is 0 Å². The number of hydrogen-bond donors (Lipinski definition) is 1. The van der Waals surface area contributed by atoms with Gasteiger partial charge in [0, 0.05) is 16.0 Å². The van der Waals surface area contributed by atoms with Crippen molar-refractivity contribution in [1.29, 1.82) is 0 Å². The molecule has 1 fully saturated rings. The third-order valence-electron chi connectivity index (χ3n) is 1.97. The monoisotopic (exact) mass is 239 g/mol. The van der Waals surface area contributed by atoms with Crippen LogP contribution >= 0.6 is 22.6 Å². The second-order valence-corrected chi connectivity index (χ2v) is 4.55. The minimum absolute atomic E-state index is 0.717. The second kappa shape index (κ2) is 3.19. The molecule has 0 aromatic carbocycles. The fraction of sp³-hybridized carbons (Fsp3) is 1.00. The van der Waals surface area contributed by atoms with Crippen LogP contribution in [-0.2, 0) is 0 Å². The van der Waals surface area contributed by atoms with Crippen molar-refractivity contribution in [2.75, 3.05) is 0 Å². The van der Waals surface area contributed by atoms with Crippen LogP contribution in [0.4, 0.5) is 0 Å². The molecule has 3 unspecified atom stereocenters. The largest absolute Gasteiger partial charge is 0.311 e. The normalized spacial score (nSPS) is 45.0. The summed E-state index contributed by atoms with van der Waals surface area (Å²) < 4.78 is 0.846. The van der Waals surface area contributed by atoms with Crippen molar-refractivity contribution >= 4 is 22.6 Å². The molecule has 1 N–H and O–H groups in total. The third kappa shape index (κ3) is 2.08. The first-order valence-corrected chi connectivity index (χ1v) is 4.85. The summed E-state index contributed by atoms with van der Waals surface area (Å²) >= 11 is 2.53. The lowest BCUT2D eigenvalue weighted by atomic mass is 10.0. The van der Waals surface area contributed by atoms with Crippen molar-refractivity contribution in [3.05, 3.63) is 0 Å². The number of halogens is 1. The molecule has 0 aliphatic carbocycles. The molecule has 2 heteroatoms. The maximum absolute atomic E-state index is 3.52. The van der Waals surface area contributed by atoms with E-state index in [0.29, 0.717) is 6.04 Å². The third-order valence-corrected chi connectivity index (χ3v) is 3.67. The van der Waals surface area contributed by atoms with Gasteiger partial charge < -0.3 is 5.32 Å². The highest BCUT2D eigenvalue weighted by Gasteiger charge is 2.21. The molecule has 0 aromatic rings. The summed E-state index contributed by atoms with van der Waals surface area (Å²) in [7, 11) is 0. The molecule has 9 heavy (non-hydrogen) atoms. The Hall–Kier alpha value is 0.690. The molecule has 3 atom stereocenters. The molecule has 0 amide bonds. The molecular formula is C7H14IN. The molecule has 0 saturated carbocycles.